The summed E-state index contributed by atoms with van der Waals surface area (Å²) in [5.74, 6) is 4.40. The van der Waals surface area contributed by atoms with E-state index in [1.807, 2.05) is 33.9 Å². The van der Waals surface area contributed by atoms with Crippen molar-refractivity contribution >= 4 is 0 Å². The zero-order chi connectivity index (χ0) is 19.5. The minimum atomic E-state index is -0.155. The van der Waals surface area contributed by atoms with Gasteiger partial charge in [-0.2, -0.15) is 0 Å². The molecule has 0 spiro atoms. The molecule has 1 N–H and O–H groups in total. The van der Waals surface area contributed by atoms with Crippen LogP contribution >= 0.6 is 0 Å². The molecule has 1 atom stereocenters. The molecule has 2 nitrogen and oxygen atoms in total. The van der Waals surface area contributed by atoms with E-state index in [9.17, 15) is 0 Å². The first-order valence-corrected chi connectivity index (χ1v) is 9.82. The minimum absolute atomic E-state index is 0.155. The number of terminal acetylenes is 1. The van der Waals surface area contributed by atoms with E-state index in [1.165, 1.54) is 31.3 Å². The normalized spacial score (nSPS) is 22.4. The van der Waals surface area contributed by atoms with Gasteiger partial charge in [-0.1, -0.05) is 66.0 Å². The first-order valence-electron chi connectivity index (χ1n) is 9.82. The van der Waals surface area contributed by atoms with Crippen molar-refractivity contribution < 1.29 is 4.74 Å². The molecule has 142 valence electrons. The third-order valence-electron chi connectivity index (χ3n) is 4.67. The Morgan fingerprint density at radius 2 is 1.72 bits per heavy atom. The van der Waals surface area contributed by atoms with Gasteiger partial charge in [-0.15, -0.1) is 6.42 Å². The van der Waals surface area contributed by atoms with Gasteiger partial charge in [-0.25, -0.2) is 0 Å². The van der Waals surface area contributed by atoms with Crippen LogP contribution in [0, 0.1) is 23.7 Å². The van der Waals surface area contributed by atoms with E-state index in [1.54, 1.807) is 7.11 Å². The number of dihydropyridines is 1. The number of hydrogen-bond donors (Lipinski definition) is 1. The van der Waals surface area contributed by atoms with Gasteiger partial charge in [0.15, 0.2) is 0 Å². The molecule has 1 saturated carbocycles. The average molecular weight is 346 g/mol. The highest BCUT2D eigenvalue weighted by Crippen LogP contribution is 2.40. The largest absolute Gasteiger partial charge is 0.497 e. The molecule has 0 aromatic carbocycles. The molecule has 0 bridgehead atoms. The van der Waals surface area contributed by atoms with Gasteiger partial charge >= 0.3 is 0 Å². The maximum Gasteiger partial charge on any atom is 0.146 e. The smallest absolute Gasteiger partial charge is 0.146 e. The first kappa shape index (κ1) is 23.4. The Morgan fingerprint density at radius 1 is 1.16 bits per heavy atom. The highest BCUT2D eigenvalue weighted by Gasteiger charge is 2.27. The molecule has 1 aliphatic heterocycles. The highest BCUT2D eigenvalue weighted by molar-refractivity contribution is 5.43. The molecule has 2 rings (SSSR count). The highest BCUT2D eigenvalue weighted by atomic mass is 16.5. The molecule has 1 fully saturated rings. The molecule has 0 amide bonds. The lowest BCUT2D eigenvalue weighted by atomic mass is 9.71. The second-order valence-electron chi connectivity index (χ2n) is 7.07. The predicted molar refractivity (Wildman–Crippen MR) is 111 cm³/mol. The number of ether oxygens (including phenoxy) is 1. The fourth-order valence-electron chi connectivity index (χ4n) is 3.26. The van der Waals surface area contributed by atoms with Crippen molar-refractivity contribution in [1.29, 1.82) is 0 Å². The molecule has 0 saturated heterocycles. The summed E-state index contributed by atoms with van der Waals surface area (Å²) in [6, 6.07) is -0.155. The molecule has 1 unspecified atom stereocenters. The summed E-state index contributed by atoms with van der Waals surface area (Å²) in [5, 5.41) is 3.14. The van der Waals surface area contributed by atoms with Gasteiger partial charge in [0.25, 0.3) is 0 Å². The molecule has 25 heavy (non-hydrogen) atoms. The SMILES string of the molecule is C#CC1NC=CC(C=C2CCC(C(C)(C)C)CC2)=C1OC.CC.CC. The Hall–Kier alpha value is -1.62. The summed E-state index contributed by atoms with van der Waals surface area (Å²) in [5.41, 5.74) is 3.05. The maximum atomic E-state index is 5.55. The lowest BCUT2D eigenvalue weighted by molar-refractivity contribution is 0.197. The Kier molecular flexibility index (Phi) is 11.1. The molecule has 0 aromatic rings. The van der Waals surface area contributed by atoms with Crippen LogP contribution in [-0.4, -0.2) is 13.2 Å². The fraction of sp³-hybridized carbons (Fsp3) is 0.652. The van der Waals surface area contributed by atoms with E-state index in [0.29, 0.717) is 5.41 Å². The van der Waals surface area contributed by atoms with Gasteiger partial charge in [-0.3, -0.25) is 0 Å². The van der Waals surface area contributed by atoms with Gasteiger partial charge in [0.05, 0.1) is 7.11 Å². The fourth-order valence-corrected chi connectivity index (χ4v) is 3.26. The maximum absolute atomic E-state index is 5.55. The molecule has 1 aliphatic carbocycles. The second-order valence-corrected chi connectivity index (χ2v) is 7.07. The standard InChI is InChI=1S/C19H27NO.2C2H6/c1-6-17-18(21-5)15(11-12-20-17)13-14-7-9-16(10-8-14)19(2,3)4;2*1-2/h1,11-13,16-17,20H,7-10H2,2-5H3;2*1-2H3. The van der Waals surface area contributed by atoms with Gasteiger partial charge in [0, 0.05) is 5.57 Å². The number of rotatable bonds is 2. The van der Waals surface area contributed by atoms with Crippen LogP contribution in [0.25, 0.3) is 0 Å². The van der Waals surface area contributed by atoms with Crippen molar-refractivity contribution in [2.45, 2.75) is 80.2 Å². The summed E-state index contributed by atoms with van der Waals surface area (Å²) in [6.45, 7) is 15.1. The predicted octanol–water partition coefficient (Wildman–Crippen LogP) is 6.22. The van der Waals surface area contributed by atoms with Crippen LogP contribution in [0.4, 0.5) is 0 Å². The van der Waals surface area contributed by atoms with Crippen molar-refractivity contribution in [2.24, 2.45) is 11.3 Å². The Morgan fingerprint density at radius 3 is 2.16 bits per heavy atom. The summed E-state index contributed by atoms with van der Waals surface area (Å²) in [4.78, 5) is 0. The van der Waals surface area contributed by atoms with Gasteiger partial charge in [-0.05, 0) is 49.3 Å². The van der Waals surface area contributed by atoms with Crippen LogP contribution in [0.1, 0.15) is 74.1 Å². The third kappa shape index (κ3) is 7.02. The monoisotopic (exact) mass is 345 g/mol. The van der Waals surface area contributed by atoms with E-state index in [4.69, 9.17) is 11.2 Å². The molecular formula is C23H39NO. The minimum Gasteiger partial charge on any atom is -0.497 e. The molecule has 0 aromatic heterocycles. The summed E-state index contributed by atoms with van der Waals surface area (Å²) >= 11 is 0. The van der Waals surface area contributed by atoms with Crippen LogP contribution in [0.15, 0.2) is 35.3 Å². The number of hydrogen-bond acceptors (Lipinski definition) is 2. The lowest BCUT2D eigenvalue weighted by Gasteiger charge is -2.35. The number of nitrogens with one attached hydrogen (secondary N) is 1. The van der Waals surface area contributed by atoms with Crippen molar-refractivity contribution in [1.82, 2.24) is 5.32 Å². The van der Waals surface area contributed by atoms with Crippen molar-refractivity contribution in [3.05, 3.63) is 35.3 Å². The van der Waals surface area contributed by atoms with E-state index in [0.717, 1.165) is 17.3 Å². The van der Waals surface area contributed by atoms with Crippen molar-refractivity contribution in [2.75, 3.05) is 7.11 Å². The number of allylic oxidation sites excluding steroid dienone is 4. The molecule has 2 aliphatic rings. The van der Waals surface area contributed by atoms with Gasteiger partial charge in [0.2, 0.25) is 0 Å². The Labute approximate surface area is 156 Å². The van der Waals surface area contributed by atoms with Crippen LogP contribution in [0.3, 0.4) is 0 Å². The van der Waals surface area contributed by atoms with Crippen LogP contribution in [-0.2, 0) is 4.74 Å². The lowest BCUT2D eigenvalue weighted by Crippen LogP contribution is -2.29. The van der Waals surface area contributed by atoms with Gasteiger partial charge < -0.3 is 10.1 Å². The van der Waals surface area contributed by atoms with E-state index < -0.39 is 0 Å². The van der Waals surface area contributed by atoms with Crippen LogP contribution < -0.4 is 5.32 Å². The molecule has 2 heteroatoms. The zero-order valence-electron chi connectivity index (χ0n) is 17.7. The summed E-state index contributed by atoms with van der Waals surface area (Å²) < 4.78 is 5.50. The van der Waals surface area contributed by atoms with E-state index >= 15 is 0 Å². The molecule has 0 radical (unpaired) electrons. The first-order chi connectivity index (χ1) is 12.0. The van der Waals surface area contributed by atoms with E-state index in [2.05, 4.69) is 44.2 Å². The topological polar surface area (TPSA) is 21.3 Å². The van der Waals surface area contributed by atoms with E-state index in [-0.39, 0.29) is 6.04 Å². The van der Waals surface area contributed by atoms with Gasteiger partial charge in [0.1, 0.15) is 11.8 Å². The zero-order valence-corrected chi connectivity index (χ0v) is 17.7. The molecule has 1 heterocycles. The quantitative estimate of drug-likeness (QED) is 0.600. The van der Waals surface area contributed by atoms with Crippen LogP contribution in [0.2, 0.25) is 0 Å². The Bertz CT molecular complexity index is 501. The summed E-state index contributed by atoms with van der Waals surface area (Å²) in [7, 11) is 1.69. The molecular weight excluding hydrogens is 306 g/mol. The summed E-state index contributed by atoms with van der Waals surface area (Å²) in [6.07, 6.45) is 16.7. The van der Waals surface area contributed by atoms with Crippen LogP contribution in [0.5, 0.6) is 0 Å². The second kappa shape index (κ2) is 11.9. The number of methoxy groups -OCH3 is 1. The average Bonchev–Trinajstić information content (AvgIpc) is 2.64. The third-order valence-corrected chi connectivity index (χ3v) is 4.67. The van der Waals surface area contributed by atoms with Crippen molar-refractivity contribution in [3.8, 4) is 12.3 Å². The Balaban J connectivity index is 0.00000134. The van der Waals surface area contributed by atoms with Crippen molar-refractivity contribution in [3.63, 3.8) is 0 Å².